The molecule has 1 aromatic carbocycles. The van der Waals surface area contributed by atoms with Gasteiger partial charge in [-0.3, -0.25) is 0 Å². The van der Waals surface area contributed by atoms with Crippen LogP contribution in [0.1, 0.15) is 63.0 Å². The van der Waals surface area contributed by atoms with Gasteiger partial charge in [-0.2, -0.15) is 0 Å². The van der Waals surface area contributed by atoms with Crippen molar-refractivity contribution in [2.24, 2.45) is 5.92 Å². The number of aromatic hydroxyl groups is 2. The van der Waals surface area contributed by atoms with Crippen LogP contribution in [0.5, 0.6) is 11.5 Å². The Labute approximate surface area is 134 Å². The molecule has 0 heterocycles. The first-order valence-corrected chi connectivity index (χ1v) is 8.41. The zero-order valence-corrected chi connectivity index (χ0v) is 13.8. The minimum absolute atomic E-state index is 0.152. The molecule has 2 heteroatoms. The third-order valence-corrected chi connectivity index (χ3v) is 4.71. The Morgan fingerprint density at radius 2 is 2.05 bits per heavy atom. The number of hydrogen-bond donors (Lipinski definition) is 2. The van der Waals surface area contributed by atoms with E-state index in [1.54, 1.807) is 0 Å². The standard InChI is InChI=1S/C20H28O2/c1-4-6-7-8-16-12-17(21)13-19(22)20(16)18-11-14(3)9-10-15(18)5-2/h5,11-13,15,18,21-22H,2,4,6-10H2,1,3H3/t15-,18-/m1/s1. The van der Waals surface area contributed by atoms with E-state index in [9.17, 15) is 10.2 Å². The Balaban J connectivity index is 2.42. The van der Waals surface area contributed by atoms with Crippen molar-refractivity contribution in [2.75, 3.05) is 0 Å². The number of aryl methyl sites for hydroxylation is 1. The van der Waals surface area contributed by atoms with Gasteiger partial charge >= 0.3 is 0 Å². The number of phenols is 2. The average molecular weight is 300 g/mol. The molecule has 2 nitrogen and oxygen atoms in total. The van der Waals surface area contributed by atoms with E-state index in [-0.39, 0.29) is 17.4 Å². The number of unbranched alkanes of at least 4 members (excludes halogenated alkanes) is 2. The van der Waals surface area contributed by atoms with E-state index < -0.39 is 0 Å². The van der Waals surface area contributed by atoms with Gasteiger partial charge in [-0.15, -0.1) is 6.58 Å². The zero-order chi connectivity index (χ0) is 16.1. The number of rotatable bonds is 6. The smallest absolute Gasteiger partial charge is 0.123 e. The Bertz CT molecular complexity index is 557. The molecule has 2 atom stereocenters. The summed E-state index contributed by atoms with van der Waals surface area (Å²) in [5, 5.41) is 20.3. The van der Waals surface area contributed by atoms with Crippen LogP contribution in [-0.4, -0.2) is 10.2 Å². The third kappa shape index (κ3) is 3.73. The van der Waals surface area contributed by atoms with Crippen LogP contribution in [0.25, 0.3) is 0 Å². The second-order valence-corrected chi connectivity index (χ2v) is 6.47. The fraction of sp³-hybridized carbons (Fsp3) is 0.500. The van der Waals surface area contributed by atoms with Gasteiger partial charge in [0.2, 0.25) is 0 Å². The van der Waals surface area contributed by atoms with Gasteiger partial charge in [-0.25, -0.2) is 0 Å². The van der Waals surface area contributed by atoms with Crippen molar-refractivity contribution in [1.82, 2.24) is 0 Å². The van der Waals surface area contributed by atoms with Crippen LogP contribution in [-0.2, 0) is 6.42 Å². The lowest BCUT2D eigenvalue weighted by Gasteiger charge is -2.30. The highest BCUT2D eigenvalue weighted by Crippen LogP contribution is 2.43. The SMILES string of the molecule is C=C[C@@H]1CCC(C)=C[C@H]1c1c(O)cc(O)cc1CCCCC. The van der Waals surface area contributed by atoms with Crippen LogP contribution < -0.4 is 0 Å². The fourth-order valence-corrected chi connectivity index (χ4v) is 3.49. The molecule has 22 heavy (non-hydrogen) atoms. The lowest BCUT2D eigenvalue weighted by molar-refractivity contribution is 0.428. The summed E-state index contributed by atoms with van der Waals surface area (Å²) in [6, 6.07) is 3.29. The fourth-order valence-electron chi connectivity index (χ4n) is 3.49. The van der Waals surface area contributed by atoms with E-state index in [1.807, 2.05) is 12.1 Å². The predicted octanol–water partition coefficient (Wildman–Crippen LogP) is 5.46. The van der Waals surface area contributed by atoms with Crippen LogP contribution in [0, 0.1) is 5.92 Å². The van der Waals surface area contributed by atoms with E-state index in [1.165, 1.54) is 18.1 Å². The summed E-state index contributed by atoms with van der Waals surface area (Å²) in [4.78, 5) is 0. The van der Waals surface area contributed by atoms with Crippen LogP contribution in [0.3, 0.4) is 0 Å². The molecule has 0 saturated heterocycles. The van der Waals surface area contributed by atoms with Gasteiger partial charge in [0.25, 0.3) is 0 Å². The molecule has 1 aromatic rings. The minimum atomic E-state index is 0.152. The molecule has 0 aliphatic heterocycles. The number of hydrogen-bond acceptors (Lipinski definition) is 2. The van der Waals surface area contributed by atoms with Crippen molar-refractivity contribution in [3.63, 3.8) is 0 Å². The molecule has 1 aliphatic carbocycles. The summed E-state index contributed by atoms with van der Waals surface area (Å²) < 4.78 is 0. The summed E-state index contributed by atoms with van der Waals surface area (Å²) in [5.74, 6) is 0.890. The molecule has 2 N–H and O–H groups in total. The highest BCUT2D eigenvalue weighted by molar-refractivity contribution is 5.50. The first-order valence-electron chi connectivity index (χ1n) is 8.41. The number of phenolic OH excluding ortho intramolecular Hbond substituents is 2. The molecule has 0 amide bonds. The lowest BCUT2D eigenvalue weighted by Crippen LogP contribution is -2.15. The molecular weight excluding hydrogens is 272 g/mol. The number of allylic oxidation sites excluding steroid dienone is 3. The van der Waals surface area contributed by atoms with Crippen molar-refractivity contribution in [1.29, 1.82) is 0 Å². The maximum absolute atomic E-state index is 10.5. The summed E-state index contributed by atoms with van der Waals surface area (Å²) >= 11 is 0. The van der Waals surface area contributed by atoms with Crippen molar-refractivity contribution >= 4 is 0 Å². The molecule has 0 bridgehead atoms. The molecule has 0 unspecified atom stereocenters. The van der Waals surface area contributed by atoms with Crippen LogP contribution in [0.4, 0.5) is 0 Å². The molecule has 1 aliphatic rings. The summed E-state index contributed by atoms with van der Waals surface area (Å²) in [6.07, 6.45) is 10.8. The Kier molecular flexibility index (Phi) is 5.70. The normalized spacial score (nSPS) is 21.5. The third-order valence-electron chi connectivity index (χ3n) is 4.71. The Morgan fingerprint density at radius 3 is 2.73 bits per heavy atom. The zero-order valence-electron chi connectivity index (χ0n) is 13.8. The van der Waals surface area contributed by atoms with Gasteiger partial charge in [0, 0.05) is 17.5 Å². The summed E-state index contributed by atoms with van der Waals surface area (Å²) in [7, 11) is 0. The van der Waals surface area contributed by atoms with E-state index in [2.05, 4.69) is 26.5 Å². The van der Waals surface area contributed by atoms with E-state index in [0.717, 1.165) is 43.2 Å². The topological polar surface area (TPSA) is 40.5 Å². The second-order valence-electron chi connectivity index (χ2n) is 6.47. The van der Waals surface area contributed by atoms with Crippen LogP contribution in [0.15, 0.2) is 36.4 Å². The quantitative estimate of drug-likeness (QED) is 0.541. The van der Waals surface area contributed by atoms with Gasteiger partial charge in [-0.1, -0.05) is 37.5 Å². The first-order chi connectivity index (χ1) is 10.6. The second kappa shape index (κ2) is 7.53. The molecule has 0 fully saturated rings. The molecule has 0 spiro atoms. The van der Waals surface area contributed by atoms with E-state index in [4.69, 9.17) is 0 Å². The average Bonchev–Trinajstić information content (AvgIpc) is 2.47. The Hall–Kier alpha value is -1.70. The summed E-state index contributed by atoms with van der Waals surface area (Å²) in [6.45, 7) is 8.31. The van der Waals surface area contributed by atoms with Gasteiger partial charge < -0.3 is 10.2 Å². The van der Waals surface area contributed by atoms with Gasteiger partial charge in [0.15, 0.2) is 0 Å². The lowest BCUT2D eigenvalue weighted by atomic mass is 9.75. The van der Waals surface area contributed by atoms with Crippen LogP contribution in [0.2, 0.25) is 0 Å². The molecule has 0 saturated carbocycles. The largest absolute Gasteiger partial charge is 0.508 e. The van der Waals surface area contributed by atoms with Gasteiger partial charge in [0.05, 0.1) is 0 Å². The van der Waals surface area contributed by atoms with Gasteiger partial charge in [0.1, 0.15) is 11.5 Å². The maximum Gasteiger partial charge on any atom is 0.123 e. The highest BCUT2D eigenvalue weighted by Gasteiger charge is 2.27. The minimum Gasteiger partial charge on any atom is -0.508 e. The molecule has 2 rings (SSSR count). The van der Waals surface area contributed by atoms with E-state index in [0.29, 0.717) is 5.92 Å². The predicted molar refractivity (Wildman–Crippen MR) is 92.4 cm³/mol. The molecule has 0 radical (unpaired) electrons. The molecule has 0 aromatic heterocycles. The van der Waals surface area contributed by atoms with Crippen molar-refractivity contribution in [2.45, 2.75) is 58.3 Å². The first kappa shape index (κ1) is 16.7. The monoisotopic (exact) mass is 300 g/mol. The highest BCUT2D eigenvalue weighted by atomic mass is 16.3. The van der Waals surface area contributed by atoms with Crippen molar-refractivity contribution < 1.29 is 10.2 Å². The summed E-state index contributed by atoms with van der Waals surface area (Å²) in [5.41, 5.74) is 3.43. The molecular formula is C20H28O2. The molecule has 120 valence electrons. The van der Waals surface area contributed by atoms with Gasteiger partial charge in [-0.05, 0) is 50.2 Å². The van der Waals surface area contributed by atoms with Crippen molar-refractivity contribution in [3.8, 4) is 11.5 Å². The Morgan fingerprint density at radius 1 is 1.27 bits per heavy atom. The van der Waals surface area contributed by atoms with Crippen molar-refractivity contribution in [3.05, 3.63) is 47.6 Å². The van der Waals surface area contributed by atoms with E-state index >= 15 is 0 Å². The van der Waals surface area contributed by atoms with Crippen LogP contribution >= 0.6 is 0 Å². The number of benzene rings is 1. The maximum atomic E-state index is 10.5.